The number of nitrogens with one attached hydrogen (secondary N) is 2. The highest BCUT2D eigenvalue weighted by Crippen LogP contribution is 2.47. The smallest absolute Gasteiger partial charge is 0.271 e. The Labute approximate surface area is 256 Å². The molecule has 3 aromatic rings. The molecule has 1 aliphatic carbocycles. The average molecular weight is 670 g/mol. The van der Waals surface area contributed by atoms with Crippen LogP contribution in [0.15, 0.2) is 87.0 Å². The van der Waals surface area contributed by atoms with Crippen LogP contribution in [0.3, 0.4) is 0 Å². The zero-order chi connectivity index (χ0) is 30.0. The van der Waals surface area contributed by atoms with Gasteiger partial charge in [0.25, 0.3) is 21.8 Å². The van der Waals surface area contributed by atoms with Crippen molar-refractivity contribution in [1.29, 1.82) is 0 Å². The highest BCUT2D eigenvalue weighted by Gasteiger charge is 2.30. The summed E-state index contributed by atoms with van der Waals surface area (Å²) in [5.74, 6) is -0.532. The van der Waals surface area contributed by atoms with Crippen LogP contribution in [0.1, 0.15) is 46.1 Å². The fourth-order valence-electron chi connectivity index (χ4n) is 4.91. The molecule has 42 heavy (non-hydrogen) atoms. The first-order chi connectivity index (χ1) is 20.2. The minimum atomic E-state index is -4.12. The van der Waals surface area contributed by atoms with Crippen LogP contribution in [0.5, 0.6) is 0 Å². The zero-order valence-electron chi connectivity index (χ0n) is 22.6. The minimum Gasteiger partial charge on any atom is -0.472 e. The van der Waals surface area contributed by atoms with E-state index in [1.54, 1.807) is 65.6 Å². The van der Waals surface area contributed by atoms with Crippen molar-refractivity contribution in [3.8, 4) is 22.3 Å². The Bertz CT molecular complexity index is 1870. The molecule has 2 N–H and O–H groups in total. The summed E-state index contributed by atoms with van der Waals surface area (Å²) in [7, 11) is -4.12. The van der Waals surface area contributed by atoms with Crippen LogP contribution >= 0.6 is 27.5 Å². The standard InChI is InChI=1S/C30H26BrClN4O5S/c1-3-24-34-28(32)27(30(38)33-4-2)36(24)16-22-19-14-15-41-17-23(19)26(31)25(22)20-12-8-9-13-21(20)29(37)35-42(39,40)18-10-6-5-7-11-18/h5-15,17H,3-4,16H2,1-2H3,(H,33,38)(H,35,37). The maximum atomic E-state index is 13.5. The van der Waals surface area contributed by atoms with Crippen LogP contribution in [0, 0.1) is 0 Å². The van der Waals surface area contributed by atoms with Crippen LogP contribution in [0.2, 0.25) is 5.15 Å². The number of imidazole rings is 1. The number of aryl methyl sites for hydroxylation is 1. The molecule has 2 aliphatic rings. The second-order valence-electron chi connectivity index (χ2n) is 9.31. The number of halogens is 2. The fourth-order valence-corrected chi connectivity index (χ4v) is 6.94. The van der Waals surface area contributed by atoms with E-state index in [2.05, 4.69) is 31.0 Å². The van der Waals surface area contributed by atoms with E-state index in [9.17, 15) is 18.0 Å². The Morgan fingerprint density at radius 2 is 1.69 bits per heavy atom. The largest absolute Gasteiger partial charge is 0.472 e. The molecular formula is C30H26BrClN4O5S. The van der Waals surface area contributed by atoms with E-state index < -0.39 is 15.9 Å². The molecule has 216 valence electrons. The summed E-state index contributed by atoms with van der Waals surface area (Å²) in [6.07, 6.45) is 3.64. The second-order valence-corrected chi connectivity index (χ2v) is 12.1. The molecule has 0 fully saturated rings. The number of benzene rings is 2. The number of rotatable bonds is 9. The summed E-state index contributed by atoms with van der Waals surface area (Å²) < 4.78 is 36.1. The number of amides is 2. The van der Waals surface area contributed by atoms with Gasteiger partial charge in [-0.1, -0.05) is 54.9 Å². The molecule has 2 heterocycles. The number of aromatic nitrogens is 2. The van der Waals surface area contributed by atoms with Crippen molar-refractivity contribution < 1.29 is 22.4 Å². The lowest BCUT2D eigenvalue weighted by atomic mass is 9.97. The van der Waals surface area contributed by atoms with Crippen LogP contribution in [0.4, 0.5) is 0 Å². The van der Waals surface area contributed by atoms with E-state index in [1.807, 2.05) is 13.8 Å². The van der Waals surface area contributed by atoms with Gasteiger partial charge in [-0.25, -0.2) is 18.1 Å². The summed E-state index contributed by atoms with van der Waals surface area (Å²) >= 11 is 10.2. The Balaban J connectivity index is 1.67. The van der Waals surface area contributed by atoms with Gasteiger partial charge in [-0.2, -0.15) is 0 Å². The van der Waals surface area contributed by atoms with Gasteiger partial charge in [-0.3, -0.25) is 9.59 Å². The number of fused-ring (bicyclic) bond motifs is 1. The van der Waals surface area contributed by atoms with Crippen molar-refractivity contribution in [1.82, 2.24) is 19.6 Å². The van der Waals surface area contributed by atoms with Crippen molar-refractivity contribution in [2.24, 2.45) is 0 Å². The Morgan fingerprint density at radius 3 is 2.40 bits per heavy atom. The molecule has 0 spiro atoms. The molecule has 0 radical (unpaired) electrons. The molecule has 1 aromatic heterocycles. The maximum absolute atomic E-state index is 13.5. The first-order valence-electron chi connectivity index (χ1n) is 13.1. The monoisotopic (exact) mass is 668 g/mol. The molecule has 5 rings (SSSR count). The lowest BCUT2D eigenvalue weighted by Crippen LogP contribution is -2.31. The van der Waals surface area contributed by atoms with Gasteiger partial charge in [0.1, 0.15) is 11.5 Å². The number of carbonyl (C=O) groups excluding carboxylic acids is 2. The van der Waals surface area contributed by atoms with Gasteiger partial charge < -0.3 is 14.3 Å². The Hall–Kier alpha value is -3.93. The molecule has 2 amide bonds. The lowest BCUT2D eigenvalue weighted by molar-refractivity contribution is 0.0945. The van der Waals surface area contributed by atoms with Crippen molar-refractivity contribution in [2.75, 3.05) is 6.54 Å². The molecule has 9 nitrogen and oxygen atoms in total. The first-order valence-corrected chi connectivity index (χ1v) is 15.7. The van der Waals surface area contributed by atoms with Gasteiger partial charge in [-0.05, 0) is 63.8 Å². The summed E-state index contributed by atoms with van der Waals surface area (Å²) in [4.78, 5) is 31.0. The van der Waals surface area contributed by atoms with E-state index >= 15 is 0 Å². The van der Waals surface area contributed by atoms with Gasteiger partial charge in [0.2, 0.25) is 0 Å². The molecular weight excluding hydrogens is 644 g/mol. The van der Waals surface area contributed by atoms with Gasteiger partial charge in [0.15, 0.2) is 5.15 Å². The minimum absolute atomic E-state index is 0.0275. The van der Waals surface area contributed by atoms with Crippen LogP contribution < -0.4 is 10.0 Å². The first kappa shape index (κ1) is 29.6. The van der Waals surface area contributed by atoms with Crippen LogP contribution in [0.25, 0.3) is 22.3 Å². The van der Waals surface area contributed by atoms with E-state index in [4.69, 9.17) is 16.0 Å². The van der Waals surface area contributed by atoms with E-state index in [-0.39, 0.29) is 33.8 Å². The summed E-state index contributed by atoms with van der Waals surface area (Å²) in [6.45, 7) is 4.34. The quantitative estimate of drug-likeness (QED) is 0.194. The Kier molecular flexibility index (Phi) is 8.53. The average Bonchev–Trinajstić information content (AvgIpc) is 3.46. The molecule has 1 aliphatic heterocycles. The predicted molar refractivity (Wildman–Crippen MR) is 163 cm³/mol. The molecule has 0 atom stereocenters. The van der Waals surface area contributed by atoms with Crippen LogP contribution in [-0.4, -0.2) is 36.3 Å². The SMILES string of the molecule is CCNC(=O)c1c(Cl)nc(CC)n1Cc1c2ccocc-2c(Br)c1-c1ccccc1C(=O)NS(=O)(=O)c1ccccc1. The fraction of sp³-hybridized carbons (Fsp3) is 0.167. The topological polar surface area (TPSA) is 123 Å². The predicted octanol–water partition coefficient (Wildman–Crippen LogP) is 6.14. The molecule has 2 aromatic carbocycles. The summed E-state index contributed by atoms with van der Waals surface area (Å²) in [6, 6.07) is 16.2. The molecule has 0 bridgehead atoms. The lowest BCUT2D eigenvalue weighted by Gasteiger charge is -2.16. The van der Waals surface area contributed by atoms with E-state index in [0.29, 0.717) is 34.4 Å². The summed E-state index contributed by atoms with van der Waals surface area (Å²) in [5.41, 5.74) is 3.81. The number of hydrogen-bond acceptors (Lipinski definition) is 6. The number of sulfonamides is 1. The van der Waals surface area contributed by atoms with Crippen molar-refractivity contribution in [3.05, 3.63) is 105 Å². The second kappa shape index (κ2) is 12.1. The Morgan fingerprint density at radius 1 is 0.976 bits per heavy atom. The third-order valence-corrected chi connectivity index (χ3v) is 9.22. The summed E-state index contributed by atoms with van der Waals surface area (Å²) in [5, 5.41) is 2.89. The molecule has 0 saturated carbocycles. The zero-order valence-corrected chi connectivity index (χ0v) is 25.8. The highest BCUT2D eigenvalue weighted by atomic mass is 79.9. The van der Waals surface area contributed by atoms with Gasteiger partial charge in [0, 0.05) is 34.1 Å². The van der Waals surface area contributed by atoms with E-state index in [1.165, 1.54) is 12.1 Å². The van der Waals surface area contributed by atoms with Crippen molar-refractivity contribution in [3.63, 3.8) is 0 Å². The van der Waals surface area contributed by atoms with Crippen molar-refractivity contribution in [2.45, 2.75) is 31.7 Å². The molecule has 0 unspecified atom stereocenters. The van der Waals surface area contributed by atoms with Crippen LogP contribution in [-0.2, 0) is 23.0 Å². The van der Waals surface area contributed by atoms with Gasteiger partial charge >= 0.3 is 0 Å². The number of nitrogens with zero attached hydrogens (tertiary/aromatic N) is 2. The third-order valence-electron chi connectivity index (χ3n) is 6.78. The third kappa shape index (κ3) is 5.47. The number of carbonyl (C=O) groups is 2. The maximum Gasteiger partial charge on any atom is 0.271 e. The van der Waals surface area contributed by atoms with E-state index in [0.717, 1.165) is 16.7 Å². The molecule has 0 saturated heterocycles. The molecule has 12 heteroatoms. The number of hydrogen-bond donors (Lipinski definition) is 2. The van der Waals surface area contributed by atoms with Gasteiger partial charge in [0.05, 0.1) is 24.0 Å². The highest BCUT2D eigenvalue weighted by molar-refractivity contribution is 9.10. The van der Waals surface area contributed by atoms with Crippen molar-refractivity contribution >= 4 is 49.4 Å². The normalized spacial score (nSPS) is 11.5. The van der Waals surface area contributed by atoms with Gasteiger partial charge in [-0.15, -0.1) is 0 Å².